The highest BCUT2D eigenvalue weighted by Gasteiger charge is 2.36. The van der Waals surface area contributed by atoms with Gasteiger partial charge in [-0.3, -0.25) is 9.69 Å². The maximum absolute atomic E-state index is 12.2. The van der Waals surface area contributed by atoms with Gasteiger partial charge in [0.1, 0.15) is 0 Å². The third-order valence-corrected chi connectivity index (χ3v) is 4.79. The minimum atomic E-state index is 0.0636. The van der Waals surface area contributed by atoms with E-state index in [9.17, 15) is 4.79 Å². The van der Waals surface area contributed by atoms with E-state index in [-0.39, 0.29) is 17.9 Å². The first-order valence-electron chi connectivity index (χ1n) is 7.54. The van der Waals surface area contributed by atoms with E-state index >= 15 is 0 Å². The zero-order valence-electron chi connectivity index (χ0n) is 11.1. The number of hydrogen-bond donors (Lipinski definition) is 2. The molecule has 1 heterocycles. The van der Waals surface area contributed by atoms with Gasteiger partial charge in [0.25, 0.3) is 0 Å². The summed E-state index contributed by atoms with van der Waals surface area (Å²) in [6, 6.07) is 1.27. The standard InChI is InChI=1S/C14H25N3O/c15-13-4-2-1-3-12(13)14(18)16-10-7-8-17(9-10)11-5-6-11/h10-13H,1-9,15H2,(H,16,18). The van der Waals surface area contributed by atoms with Crippen molar-refractivity contribution in [3.63, 3.8) is 0 Å². The molecule has 3 rings (SSSR count). The summed E-state index contributed by atoms with van der Waals surface area (Å²) < 4.78 is 0. The van der Waals surface area contributed by atoms with Crippen molar-refractivity contribution >= 4 is 5.91 Å². The summed E-state index contributed by atoms with van der Waals surface area (Å²) >= 11 is 0. The van der Waals surface area contributed by atoms with Crippen LogP contribution < -0.4 is 11.1 Å². The Labute approximate surface area is 109 Å². The Hall–Kier alpha value is -0.610. The molecule has 3 N–H and O–H groups in total. The second-order valence-corrected chi connectivity index (χ2v) is 6.28. The number of carbonyl (C=O) groups is 1. The fourth-order valence-corrected chi connectivity index (χ4v) is 3.47. The Bertz CT molecular complexity index is 316. The van der Waals surface area contributed by atoms with Crippen molar-refractivity contribution in [2.45, 2.75) is 63.1 Å². The summed E-state index contributed by atoms with van der Waals surface area (Å²) in [6.07, 6.45) is 8.16. The predicted octanol–water partition coefficient (Wildman–Crippen LogP) is 0.857. The molecule has 1 aliphatic heterocycles. The Morgan fingerprint density at radius 3 is 2.61 bits per heavy atom. The van der Waals surface area contributed by atoms with Crippen molar-refractivity contribution in [3.05, 3.63) is 0 Å². The van der Waals surface area contributed by atoms with E-state index in [2.05, 4.69) is 10.2 Å². The zero-order chi connectivity index (χ0) is 12.5. The van der Waals surface area contributed by atoms with Gasteiger partial charge < -0.3 is 11.1 Å². The lowest BCUT2D eigenvalue weighted by atomic mass is 9.84. The molecule has 2 aliphatic carbocycles. The fourth-order valence-electron chi connectivity index (χ4n) is 3.47. The van der Waals surface area contributed by atoms with Gasteiger partial charge in [0, 0.05) is 31.2 Å². The molecule has 4 heteroatoms. The van der Waals surface area contributed by atoms with Gasteiger partial charge in [-0.05, 0) is 32.1 Å². The molecule has 1 amide bonds. The maximum Gasteiger partial charge on any atom is 0.224 e. The Morgan fingerprint density at radius 2 is 1.89 bits per heavy atom. The van der Waals surface area contributed by atoms with E-state index < -0.39 is 0 Å². The number of nitrogens with zero attached hydrogens (tertiary/aromatic N) is 1. The summed E-state index contributed by atoms with van der Waals surface area (Å²) in [4.78, 5) is 14.8. The quantitative estimate of drug-likeness (QED) is 0.782. The lowest BCUT2D eigenvalue weighted by Crippen LogP contribution is -2.47. The van der Waals surface area contributed by atoms with Crippen molar-refractivity contribution in [3.8, 4) is 0 Å². The lowest BCUT2D eigenvalue weighted by Gasteiger charge is -2.28. The van der Waals surface area contributed by atoms with Crippen LogP contribution in [0.1, 0.15) is 44.9 Å². The van der Waals surface area contributed by atoms with Crippen LogP contribution in [0.4, 0.5) is 0 Å². The molecule has 0 radical (unpaired) electrons. The highest BCUT2D eigenvalue weighted by molar-refractivity contribution is 5.79. The minimum absolute atomic E-state index is 0.0636. The van der Waals surface area contributed by atoms with Crippen LogP contribution in [0.25, 0.3) is 0 Å². The summed E-state index contributed by atoms with van der Waals surface area (Å²) in [5.74, 6) is 0.276. The largest absolute Gasteiger partial charge is 0.352 e. The number of rotatable bonds is 3. The molecular formula is C14H25N3O. The van der Waals surface area contributed by atoms with Crippen LogP contribution >= 0.6 is 0 Å². The third kappa shape index (κ3) is 2.69. The average Bonchev–Trinajstić information content (AvgIpc) is 3.11. The molecule has 3 unspecified atom stereocenters. The van der Waals surface area contributed by atoms with Crippen molar-refractivity contribution in [2.24, 2.45) is 11.7 Å². The van der Waals surface area contributed by atoms with Crippen LogP contribution in [-0.4, -0.2) is 42.0 Å². The number of hydrogen-bond acceptors (Lipinski definition) is 3. The van der Waals surface area contributed by atoms with E-state index in [1.54, 1.807) is 0 Å². The smallest absolute Gasteiger partial charge is 0.224 e. The van der Waals surface area contributed by atoms with Crippen LogP contribution in [0.3, 0.4) is 0 Å². The van der Waals surface area contributed by atoms with Crippen molar-refractivity contribution in [1.82, 2.24) is 10.2 Å². The number of nitrogens with two attached hydrogens (primary N) is 1. The van der Waals surface area contributed by atoms with Crippen LogP contribution in [0, 0.1) is 5.92 Å². The van der Waals surface area contributed by atoms with Gasteiger partial charge in [-0.15, -0.1) is 0 Å². The molecule has 3 fully saturated rings. The van der Waals surface area contributed by atoms with E-state index in [1.807, 2.05) is 0 Å². The topological polar surface area (TPSA) is 58.4 Å². The van der Waals surface area contributed by atoms with Gasteiger partial charge in [-0.1, -0.05) is 12.8 Å². The van der Waals surface area contributed by atoms with Crippen molar-refractivity contribution in [2.75, 3.05) is 13.1 Å². The number of likely N-dealkylation sites (tertiary alicyclic amines) is 1. The highest BCUT2D eigenvalue weighted by Crippen LogP contribution is 2.30. The monoisotopic (exact) mass is 251 g/mol. The highest BCUT2D eigenvalue weighted by atomic mass is 16.2. The molecular weight excluding hydrogens is 226 g/mol. The lowest BCUT2D eigenvalue weighted by molar-refractivity contribution is -0.127. The molecule has 2 saturated carbocycles. The van der Waals surface area contributed by atoms with Crippen LogP contribution in [0.2, 0.25) is 0 Å². The molecule has 0 aromatic heterocycles. The Morgan fingerprint density at radius 1 is 1.11 bits per heavy atom. The molecule has 0 spiro atoms. The molecule has 3 atom stereocenters. The van der Waals surface area contributed by atoms with E-state index in [1.165, 1.54) is 19.3 Å². The van der Waals surface area contributed by atoms with Crippen LogP contribution in [-0.2, 0) is 4.79 Å². The van der Waals surface area contributed by atoms with E-state index in [4.69, 9.17) is 5.73 Å². The second kappa shape index (κ2) is 5.17. The normalized spacial score (nSPS) is 37.7. The molecule has 4 nitrogen and oxygen atoms in total. The summed E-state index contributed by atoms with van der Waals surface area (Å²) in [5, 5.41) is 3.23. The second-order valence-electron chi connectivity index (χ2n) is 6.28. The molecule has 102 valence electrons. The number of nitrogens with one attached hydrogen (secondary N) is 1. The number of amides is 1. The molecule has 3 aliphatic rings. The Kier molecular flexibility index (Phi) is 3.57. The van der Waals surface area contributed by atoms with Gasteiger partial charge in [0.05, 0.1) is 5.92 Å². The van der Waals surface area contributed by atoms with Gasteiger partial charge in [0.15, 0.2) is 0 Å². The van der Waals surface area contributed by atoms with E-state index in [0.29, 0.717) is 6.04 Å². The number of carbonyl (C=O) groups excluding carboxylic acids is 1. The summed E-state index contributed by atoms with van der Waals surface area (Å²) in [6.45, 7) is 2.21. The Balaban J connectivity index is 1.48. The van der Waals surface area contributed by atoms with Gasteiger partial charge in [-0.25, -0.2) is 0 Å². The summed E-state index contributed by atoms with van der Waals surface area (Å²) in [5.41, 5.74) is 6.07. The maximum atomic E-state index is 12.2. The van der Waals surface area contributed by atoms with Crippen LogP contribution in [0.15, 0.2) is 0 Å². The van der Waals surface area contributed by atoms with Gasteiger partial charge >= 0.3 is 0 Å². The van der Waals surface area contributed by atoms with Gasteiger partial charge in [0.2, 0.25) is 5.91 Å². The zero-order valence-corrected chi connectivity index (χ0v) is 11.1. The minimum Gasteiger partial charge on any atom is -0.352 e. The first kappa shape index (κ1) is 12.4. The summed E-state index contributed by atoms with van der Waals surface area (Å²) in [7, 11) is 0. The van der Waals surface area contributed by atoms with Gasteiger partial charge in [-0.2, -0.15) is 0 Å². The molecule has 0 aromatic rings. The first-order valence-corrected chi connectivity index (χ1v) is 7.54. The SMILES string of the molecule is NC1CCCCC1C(=O)NC1CCN(C2CC2)C1. The van der Waals surface area contributed by atoms with E-state index in [0.717, 1.165) is 44.8 Å². The molecule has 0 bridgehead atoms. The predicted molar refractivity (Wildman–Crippen MR) is 71.1 cm³/mol. The third-order valence-electron chi connectivity index (χ3n) is 4.79. The average molecular weight is 251 g/mol. The van der Waals surface area contributed by atoms with Crippen molar-refractivity contribution < 1.29 is 4.79 Å². The molecule has 0 aromatic carbocycles. The molecule has 18 heavy (non-hydrogen) atoms. The van der Waals surface area contributed by atoms with Crippen LogP contribution in [0.5, 0.6) is 0 Å². The van der Waals surface area contributed by atoms with Crippen molar-refractivity contribution in [1.29, 1.82) is 0 Å². The fraction of sp³-hybridized carbons (Fsp3) is 0.929. The first-order chi connectivity index (χ1) is 8.74. The molecule has 1 saturated heterocycles.